The van der Waals surface area contributed by atoms with Crippen molar-refractivity contribution in [2.24, 2.45) is 0 Å². The number of amides is 2. The summed E-state index contributed by atoms with van der Waals surface area (Å²) in [7, 11) is -3.37. The average molecular weight is 624 g/mol. The zero-order chi connectivity index (χ0) is 31.4. The van der Waals surface area contributed by atoms with Crippen molar-refractivity contribution < 1.29 is 17.9 Å². The normalized spacial score (nSPS) is 13.4. The summed E-state index contributed by atoms with van der Waals surface area (Å²) in [5, 5.41) is 8.93. The quantitative estimate of drug-likeness (QED) is 0.199. The number of hydrogen-bond donors (Lipinski definition) is 3. The molecule has 0 aliphatic carbocycles. The molecule has 45 heavy (non-hydrogen) atoms. The van der Waals surface area contributed by atoms with Crippen LogP contribution in [0.25, 0.3) is 33.5 Å². The van der Waals surface area contributed by atoms with E-state index in [9.17, 15) is 13.2 Å². The second kappa shape index (κ2) is 12.9. The fourth-order valence-corrected chi connectivity index (χ4v) is 5.73. The third-order valence-corrected chi connectivity index (χ3v) is 8.46. The predicted octanol–water partition coefficient (Wildman–Crippen LogP) is 5.67. The molecular weight excluding hydrogens is 590 g/mol. The summed E-state index contributed by atoms with van der Waals surface area (Å²) in [6, 6.07) is 23.2. The molecule has 12 heteroatoms. The highest BCUT2D eigenvalue weighted by molar-refractivity contribution is 7.90. The first-order chi connectivity index (χ1) is 21.8. The Hall–Kier alpha value is -5.07. The maximum Gasteiger partial charge on any atom is 0.323 e. The number of nitrogens with one attached hydrogen (secondary N) is 3. The van der Waals surface area contributed by atoms with Crippen LogP contribution >= 0.6 is 0 Å². The lowest BCUT2D eigenvalue weighted by Gasteiger charge is -2.28. The van der Waals surface area contributed by atoms with E-state index < -0.39 is 9.84 Å². The van der Waals surface area contributed by atoms with Crippen LogP contribution in [0.3, 0.4) is 0 Å². The number of pyridine rings is 1. The van der Waals surface area contributed by atoms with E-state index in [0.717, 1.165) is 28.9 Å². The number of fused-ring (bicyclic) bond motifs is 1. The molecular formula is C33H33N7O4S. The molecule has 2 aromatic heterocycles. The van der Waals surface area contributed by atoms with Crippen LogP contribution in [0.1, 0.15) is 6.92 Å². The number of aromatic nitrogens is 3. The molecule has 6 rings (SSSR count). The Kier molecular flexibility index (Phi) is 8.58. The summed E-state index contributed by atoms with van der Waals surface area (Å²) in [6.07, 6.45) is 2.91. The highest BCUT2D eigenvalue weighted by atomic mass is 32.2. The number of rotatable bonds is 8. The van der Waals surface area contributed by atoms with Gasteiger partial charge in [-0.2, -0.15) is 0 Å². The van der Waals surface area contributed by atoms with Crippen LogP contribution in [0.5, 0.6) is 0 Å². The molecule has 0 atom stereocenters. The molecule has 0 bridgehead atoms. The van der Waals surface area contributed by atoms with Crippen molar-refractivity contribution in [1.29, 1.82) is 0 Å². The van der Waals surface area contributed by atoms with E-state index in [1.807, 2.05) is 55.5 Å². The summed E-state index contributed by atoms with van der Waals surface area (Å²) >= 11 is 0. The van der Waals surface area contributed by atoms with Gasteiger partial charge in [-0.15, -0.1) is 0 Å². The number of benzene rings is 3. The third-order valence-electron chi connectivity index (χ3n) is 7.35. The molecule has 230 valence electrons. The SMILES string of the molecule is CCNc1ccc(NC(=O)Nc2ccc(-c3nc(N4CCOCC4)c4ncc(-c5cccc(S(C)(=O)=O)c5)cc4n3)cc2)cc1. The molecule has 0 radical (unpaired) electrons. The predicted molar refractivity (Wildman–Crippen MR) is 178 cm³/mol. The highest BCUT2D eigenvalue weighted by Crippen LogP contribution is 2.31. The zero-order valence-electron chi connectivity index (χ0n) is 24.9. The molecule has 0 unspecified atom stereocenters. The molecule has 3 N–H and O–H groups in total. The number of urea groups is 1. The Balaban J connectivity index is 1.29. The highest BCUT2D eigenvalue weighted by Gasteiger charge is 2.20. The summed E-state index contributed by atoms with van der Waals surface area (Å²) in [6.45, 7) is 5.35. The lowest BCUT2D eigenvalue weighted by molar-refractivity contribution is 0.122. The van der Waals surface area contributed by atoms with E-state index in [0.29, 0.717) is 60.4 Å². The molecule has 1 fully saturated rings. The smallest absolute Gasteiger partial charge is 0.323 e. The summed E-state index contributed by atoms with van der Waals surface area (Å²) < 4.78 is 29.9. The number of carbonyl (C=O) groups is 1. The van der Waals surface area contributed by atoms with Gasteiger partial charge in [-0.1, -0.05) is 12.1 Å². The summed E-state index contributed by atoms with van der Waals surface area (Å²) in [5.74, 6) is 1.21. The summed E-state index contributed by atoms with van der Waals surface area (Å²) in [4.78, 5) is 29.5. The van der Waals surface area contributed by atoms with Gasteiger partial charge in [0.1, 0.15) is 5.52 Å². The van der Waals surface area contributed by atoms with E-state index in [-0.39, 0.29) is 10.9 Å². The second-order valence-electron chi connectivity index (χ2n) is 10.6. The van der Waals surface area contributed by atoms with Crippen LogP contribution in [0.15, 0.2) is 90.0 Å². The van der Waals surface area contributed by atoms with E-state index in [1.165, 1.54) is 6.26 Å². The largest absolute Gasteiger partial charge is 0.385 e. The monoisotopic (exact) mass is 623 g/mol. The van der Waals surface area contributed by atoms with Crippen LogP contribution in [0.4, 0.5) is 27.7 Å². The molecule has 1 aliphatic rings. The van der Waals surface area contributed by atoms with Gasteiger partial charge < -0.3 is 25.6 Å². The molecule has 3 heterocycles. The lowest BCUT2D eigenvalue weighted by atomic mass is 10.1. The molecule has 2 amide bonds. The zero-order valence-corrected chi connectivity index (χ0v) is 25.8. The van der Waals surface area contributed by atoms with Gasteiger partial charge in [0.2, 0.25) is 0 Å². The first-order valence-electron chi connectivity index (χ1n) is 14.6. The lowest BCUT2D eigenvalue weighted by Crippen LogP contribution is -2.37. The molecule has 0 saturated carbocycles. The van der Waals surface area contributed by atoms with Crippen molar-refractivity contribution in [2.75, 3.05) is 60.0 Å². The standard InChI is InChI=1S/C33H33N7O4S/c1-3-34-25-11-13-27(14-12-25)37-33(41)36-26-9-7-22(8-10-26)31-38-29-20-24(23-5-4-6-28(19-23)45(2,42)43)21-35-30(29)32(39-31)40-15-17-44-18-16-40/h4-14,19-21,34H,3,15-18H2,1-2H3,(H2,36,37,41). The number of nitrogens with zero attached hydrogens (tertiary/aromatic N) is 4. The van der Waals surface area contributed by atoms with Gasteiger partial charge in [-0.25, -0.2) is 23.2 Å². The van der Waals surface area contributed by atoms with Crippen molar-refractivity contribution >= 4 is 49.8 Å². The topological polar surface area (TPSA) is 138 Å². The maximum absolute atomic E-state index is 12.6. The first-order valence-corrected chi connectivity index (χ1v) is 16.5. The van der Waals surface area contributed by atoms with Crippen molar-refractivity contribution in [3.05, 3.63) is 85.1 Å². The first kappa shape index (κ1) is 30.0. The van der Waals surface area contributed by atoms with Gasteiger partial charge >= 0.3 is 6.03 Å². The van der Waals surface area contributed by atoms with Crippen LogP contribution in [0, 0.1) is 0 Å². The third kappa shape index (κ3) is 7.03. The molecule has 1 saturated heterocycles. The van der Waals surface area contributed by atoms with E-state index >= 15 is 0 Å². The van der Waals surface area contributed by atoms with Crippen molar-refractivity contribution in [3.63, 3.8) is 0 Å². The maximum atomic E-state index is 12.6. The van der Waals surface area contributed by atoms with E-state index in [4.69, 9.17) is 19.7 Å². The van der Waals surface area contributed by atoms with Crippen molar-refractivity contribution in [2.45, 2.75) is 11.8 Å². The van der Waals surface area contributed by atoms with Crippen LogP contribution in [-0.4, -0.2) is 68.5 Å². The van der Waals surface area contributed by atoms with Gasteiger partial charge in [0.25, 0.3) is 0 Å². The molecule has 3 aromatic carbocycles. The molecule has 11 nitrogen and oxygen atoms in total. The second-order valence-corrected chi connectivity index (χ2v) is 12.6. The Bertz CT molecular complexity index is 1940. The minimum atomic E-state index is -3.37. The van der Waals surface area contributed by atoms with E-state index in [1.54, 1.807) is 36.5 Å². The van der Waals surface area contributed by atoms with Crippen molar-refractivity contribution in [3.8, 4) is 22.5 Å². The van der Waals surface area contributed by atoms with Crippen LogP contribution in [-0.2, 0) is 14.6 Å². The van der Waals surface area contributed by atoms with Gasteiger partial charge in [0.15, 0.2) is 21.5 Å². The fourth-order valence-electron chi connectivity index (χ4n) is 5.06. The number of anilines is 4. The van der Waals surface area contributed by atoms with Gasteiger partial charge in [0, 0.05) is 60.3 Å². The minimum Gasteiger partial charge on any atom is -0.385 e. The fraction of sp³-hybridized carbons (Fsp3) is 0.212. The molecule has 1 aliphatic heterocycles. The van der Waals surface area contributed by atoms with Crippen LogP contribution in [0.2, 0.25) is 0 Å². The number of carbonyl (C=O) groups excluding carboxylic acids is 1. The van der Waals surface area contributed by atoms with Gasteiger partial charge in [-0.05, 0) is 79.2 Å². The average Bonchev–Trinajstić information content (AvgIpc) is 3.05. The van der Waals surface area contributed by atoms with Crippen molar-refractivity contribution in [1.82, 2.24) is 15.0 Å². The Labute approximate surface area is 261 Å². The minimum absolute atomic E-state index is 0.238. The van der Waals surface area contributed by atoms with E-state index in [2.05, 4.69) is 20.9 Å². The Morgan fingerprint density at radius 3 is 2.18 bits per heavy atom. The Morgan fingerprint density at radius 2 is 1.51 bits per heavy atom. The summed E-state index contributed by atoms with van der Waals surface area (Å²) in [5.41, 5.74) is 5.80. The number of ether oxygens (including phenoxy) is 1. The van der Waals surface area contributed by atoms with Crippen LogP contribution < -0.4 is 20.9 Å². The number of hydrogen-bond acceptors (Lipinski definition) is 9. The Morgan fingerprint density at radius 1 is 0.844 bits per heavy atom. The molecule has 0 spiro atoms. The van der Waals surface area contributed by atoms with Gasteiger partial charge in [-0.3, -0.25) is 4.98 Å². The number of morpholine rings is 1. The van der Waals surface area contributed by atoms with Gasteiger partial charge in [0.05, 0.1) is 23.6 Å². The number of sulfone groups is 1. The molecule has 5 aromatic rings.